The Kier molecular flexibility index (Phi) is 33.2. The molecule has 0 aromatic heterocycles. The van der Waals surface area contributed by atoms with E-state index in [-0.39, 0.29) is 19.1 Å². The molecule has 0 fully saturated rings. The molecule has 0 aliphatic heterocycles. The Balaban J connectivity index is 4.42. The molecule has 0 aliphatic rings. The number of hydrogen-bond donors (Lipinski definition) is 3. The number of likely N-dealkylation sites (N-methyl/N-ethyl adjacent to an activating group) is 1. The third-order valence-electron chi connectivity index (χ3n) is 8.76. The highest BCUT2D eigenvalue weighted by Gasteiger charge is 2.27. The van der Waals surface area contributed by atoms with Gasteiger partial charge in [-0.25, -0.2) is 4.57 Å². The van der Waals surface area contributed by atoms with Gasteiger partial charge in [-0.05, 0) is 64.2 Å². The molecular formula is C42H80N2O6P+. The topological polar surface area (TPSA) is 105 Å². The highest BCUT2D eigenvalue weighted by atomic mass is 31.2. The maximum atomic E-state index is 12.8. The molecule has 3 N–H and O–H groups in total. The van der Waals surface area contributed by atoms with Crippen molar-refractivity contribution in [1.29, 1.82) is 0 Å². The highest BCUT2D eigenvalue weighted by Crippen LogP contribution is 2.43. The van der Waals surface area contributed by atoms with Gasteiger partial charge in [-0.15, -0.1) is 0 Å². The van der Waals surface area contributed by atoms with Gasteiger partial charge in [0.25, 0.3) is 0 Å². The van der Waals surface area contributed by atoms with Crippen LogP contribution < -0.4 is 5.32 Å². The van der Waals surface area contributed by atoms with Crippen molar-refractivity contribution in [3.05, 3.63) is 48.6 Å². The van der Waals surface area contributed by atoms with E-state index in [1.54, 1.807) is 6.08 Å². The Morgan fingerprint density at radius 1 is 0.667 bits per heavy atom. The second kappa shape index (κ2) is 34.2. The predicted molar refractivity (Wildman–Crippen MR) is 217 cm³/mol. The predicted octanol–water partition coefficient (Wildman–Crippen LogP) is 10.9. The largest absolute Gasteiger partial charge is 0.472 e. The highest BCUT2D eigenvalue weighted by molar-refractivity contribution is 7.47. The average molecular weight is 740 g/mol. The Morgan fingerprint density at radius 2 is 1.14 bits per heavy atom. The van der Waals surface area contributed by atoms with Gasteiger partial charge in [0.15, 0.2) is 0 Å². The van der Waals surface area contributed by atoms with E-state index in [1.165, 1.54) is 89.9 Å². The number of carbonyl (C=O) groups excluding carboxylic acids is 1. The van der Waals surface area contributed by atoms with Crippen molar-refractivity contribution < 1.29 is 32.9 Å². The van der Waals surface area contributed by atoms with Gasteiger partial charge in [0.05, 0.1) is 39.9 Å². The van der Waals surface area contributed by atoms with E-state index in [9.17, 15) is 19.4 Å². The Morgan fingerprint density at radius 3 is 1.67 bits per heavy atom. The summed E-state index contributed by atoms with van der Waals surface area (Å²) in [7, 11) is 1.53. The van der Waals surface area contributed by atoms with Gasteiger partial charge in [-0.3, -0.25) is 13.8 Å². The monoisotopic (exact) mass is 740 g/mol. The normalized spacial score (nSPS) is 15.0. The van der Waals surface area contributed by atoms with Crippen LogP contribution in [0.25, 0.3) is 0 Å². The van der Waals surface area contributed by atoms with Crippen molar-refractivity contribution >= 4 is 13.7 Å². The fourth-order valence-electron chi connectivity index (χ4n) is 5.48. The molecule has 298 valence electrons. The second-order valence-electron chi connectivity index (χ2n) is 15.0. The maximum Gasteiger partial charge on any atom is 0.472 e. The van der Waals surface area contributed by atoms with Crippen molar-refractivity contribution in [2.75, 3.05) is 40.9 Å². The third kappa shape index (κ3) is 36.6. The minimum atomic E-state index is -4.34. The number of unbranched alkanes of at least 4 members (excludes halogenated alkanes) is 17. The zero-order valence-electron chi connectivity index (χ0n) is 33.6. The molecule has 51 heavy (non-hydrogen) atoms. The van der Waals surface area contributed by atoms with Crippen molar-refractivity contribution in [2.24, 2.45) is 0 Å². The lowest BCUT2D eigenvalue weighted by atomic mass is 10.1. The van der Waals surface area contributed by atoms with Crippen LogP contribution in [0, 0.1) is 0 Å². The molecule has 0 saturated carbocycles. The summed E-state index contributed by atoms with van der Waals surface area (Å²) in [6.45, 7) is 4.64. The Hall–Kier alpha value is -1.54. The first-order valence-corrected chi connectivity index (χ1v) is 22.0. The van der Waals surface area contributed by atoms with Crippen molar-refractivity contribution in [2.45, 2.75) is 174 Å². The van der Waals surface area contributed by atoms with Gasteiger partial charge in [-0.2, -0.15) is 0 Å². The zero-order valence-corrected chi connectivity index (χ0v) is 34.5. The van der Waals surface area contributed by atoms with Crippen molar-refractivity contribution in [3.63, 3.8) is 0 Å². The molecule has 0 aromatic rings. The summed E-state index contributed by atoms with van der Waals surface area (Å²) < 4.78 is 23.4. The average Bonchev–Trinajstić information content (AvgIpc) is 3.07. The van der Waals surface area contributed by atoms with Crippen molar-refractivity contribution in [1.82, 2.24) is 5.32 Å². The summed E-state index contributed by atoms with van der Waals surface area (Å²) in [5.74, 6) is -0.200. The van der Waals surface area contributed by atoms with Crippen LogP contribution in [0.4, 0.5) is 0 Å². The molecule has 9 heteroatoms. The van der Waals surface area contributed by atoms with E-state index in [4.69, 9.17) is 9.05 Å². The number of quaternary nitrogens is 1. The second-order valence-corrected chi connectivity index (χ2v) is 16.4. The first-order valence-electron chi connectivity index (χ1n) is 20.5. The van der Waals surface area contributed by atoms with Crippen LogP contribution in [-0.2, 0) is 18.4 Å². The summed E-state index contributed by atoms with van der Waals surface area (Å²) in [4.78, 5) is 23.0. The third-order valence-corrected chi connectivity index (χ3v) is 9.74. The number of amides is 1. The lowest BCUT2D eigenvalue weighted by Crippen LogP contribution is -2.45. The first-order chi connectivity index (χ1) is 24.5. The number of phosphoric ester groups is 1. The molecule has 1 amide bonds. The van der Waals surface area contributed by atoms with E-state index < -0.39 is 20.0 Å². The number of carbonyl (C=O) groups is 1. The molecule has 0 radical (unpaired) electrons. The fraction of sp³-hybridized carbons (Fsp3) is 0.786. The molecule has 3 atom stereocenters. The molecule has 0 rings (SSSR count). The van der Waals surface area contributed by atoms with E-state index >= 15 is 0 Å². The number of phosphoric acid groups is 1. The standard InChI is InChI=1S/C42H79N2O6P/c1-6-8-10-12-14-16-18-19-20-21-22-23-24-25-26-28-30-32-34-36-42(46)43-40(39-50-51(47,48)49-38-37-44(3,4)5)41(45)35-33-31-29-27-17-15-13-11-9-7-2/h9,11,17,21-22,27,33,35,40-41,45H,6-8,10,12-16,18-20,23-26,28-32,34,36-39H2,1-5H3,(H-,43,46,47,48)/p+1/b11-9+,22-21-,27-17+,35-33+. The van der Waals surface area contributed by atoms with Gasteiger partial charge >= 0.3 is 7.82 Å². The molecular weight excluding hydrogens is 659 g/mol. The fourth-order valence-corrected chi connectivity index (χ4v) is 6.22. The minimum Gasteiger partial charge on any atom is -0.387 e. The first kappa shape index (κ1) is 49.5. The molecule has 0 bridgehead atoms. The van der Waals surface area contributed by atoms with Crippen LogP contribution >= 0.6 is 7.82 Å². The quantitative estimate of drug-likeness (QED) is 0.0256. The molecule has 3 unspecified atom stereocenters. The van der Waals surface area contributed by atoms with Crippen LogP contribution in [0.15, 0.2) is 48.6 Å². The molecule has 0 spiro atoms. The molecule has 0 heterocycles. The number of nitrogens with one attached hydrogen (secondary N) is 1. The maximum absolute atomic E-state index is 12.8. The number of allylic oxidation sites excluding steroid dienone is 7. The van der Waals surface area contributed by atoms with Crippen LogP contribution in [0.5, 0.6) is 0 Å². The van der Waals surface area contributed by atoms with Gasteiger partial charge < -0.3 is 19.8 Å². The van der Waals surface area contributed by atoms with E-state index in [0.29, 0.717) is 17.4 Å². The SMILES string of the molecule is CC/C=C/CC/C=C/CC/C=C/C(O)C(COP(=O)(O)OCC[N+](C)(C)C)NC(=O)CCCCCCCCC/C=C\CCCCCCCCCC. The van der Waals surface area contributed by atoms with Crippen molar-refractivity contribution in [3.8, 4) is 0 Å². The van der Waals surface area contributed by atoms with Crippen LogP contribution in [0.1, 0.15) is 162 Å². The number of rotatable bonds is 36. The Bertz CT molecular complexity index is 975. The lowest BCUT2D eigenvalue weighted by Gasteiger charge is -2.25. The van der Waals surface area contributed by atoms with Crippen LogP contribution in [0.3, 0.4) is 0 Å². The number of aliphatic hydroxyl groups is 1. The minimum absolute atomic E-state index is 0.0512. The summed E-state index contributed by atoms with van der Waals surface area (Å²) >= 11 is 0. The van der Waals surface area contributed by atoms with Gasteiger partial charge in [0, 0.05) is 6.42 Å². The number of hydrogen-bond acceptors (Lipinski definition) is 5. The smallest absolute Gasteiger partial charge is 0.387 e. The molecule has 0 aromatic carbocycles. The molecule has 0 saturated heterocycles. The van der Waals surface area contributed by atoms with Crippen LogP contribution in [-0.4, -0.2) is 73.4 Å². The summed E-state index contributed by atoms with van der Waals surface area (Å²) in [5, 5.41) is 13.7. The van der Waals surface area contributed by atoms with E-state index in [0.717, 1.165) is 51.4 Å². The Labute approximate surface area is 314 Å². The lowest BCUT2D eigenvalue weighted by molar-refractivity contribution is -0.870. The zero-order chi connectivity index (χ0) is 37.9. The van der Waals surface area contributed by atoms with Gasteiger partial charge in [0.1, 0.15) is 13.2 Å². The van der Waals surface area contributed by atoms with E-state index in [1.807, 2.05) is 27.2 Å². The van der Waals surface area contributed by atoms with E-state index in [2.05, 4.69) is 55.6 Å². The van der Waals surface area contributed by atoms with Gasteiger partial charge in [0.2, 0.25) is 5.91 Å². The number of aliphatic hydroxyl groups excluding tert-OH is 1. The van der Waals surface area contributed by atoms with Gasteiger partial charge in [-0.1, -0.05) is 140 Å². The summed E-state index contributed by atoms with van der Waals surface area (Å²) in [5.41, 5.74) is 0. The summed E-state index contributed by atoms with van der Waals surface area (Å²) in [6.07, 6.45) is 41.9. The number of nitrogens with zero attached hydrogens (tertiary/aromatic N) is 1. The van der Waals surface area contributed by atoms with Crippen LogP contribution in [0.2, 0.25) is 0 Å². The molecule has 0 aliphatic carbocycles. The molecule has 8 nitrogen and oxygen atoms in total. The summed E-state index contributed by atoms with van der Waals surface area (Å²) in [6, 6.07) is -0.869.